The van der Waals surface area contributed by atoms with Crippen LogP contribution in [0.15, 0.2) is 47.9 Å². The van der Waals surface area contributed by atoms with Crippen LogP contribution in [0, 0.1) is 0 Å². The van der Waals surface area contributed by atoms with Crippen LogP contribution < -0.4 is 5.32 Å². The first kappa shape index (κ1) is 15.8. The normalized spacial score (nSPS) is 11.6. The number of thioether (sulfide) groups is 1. The average Bonchev–Trinajstić information content (AvgIpc) is 2.47. The highest BCUT2D eigenvalue weighted by molar-refractivity contribution is 7.99. The summed E-state index contributed by atoms with van der Waals surface area (Å²) in [6.07, 6.45) is 0.0417. The summed E-state index contributed by atoms with van der Waals surface area (Å²) < 4.78 is 37.1. The Morgan fingerprint density at radius 1 is 1.14 bits per heavy atom. The predicted octanol–water partition coefficient (Wildman–Crippen LogP) is 3.38. The lowest BCUT2D eigenvalue weighted by atomic mass is 10.3. The molecule has 0 aromatic carbocycles. The number of rotatable bonds is 6. The van der Waals surface area contributed by atoms with E-state index >= 15 is 0 Å². The highest BCUT2D eigenvalue weighted by Crippen LogP contribution is 2.29. The van der Waals surface area contributed by atoms with Gasteiger partial charge in [-0.3, -0.25) is 4.98 Å². The molecule has 0 radical (unpaired) electrons. The standard InChI is InChI=1S/C14H14F3N3S/c15-14(16,17)12-3-4-13(20-10-12)21-7-6-19-9-11-2-1-5-18-8-11/h1-5,8,10,19H,6-7,9H2. The summed E-state index contributed by atoms with van der Waals surface area (Å²) in [5.74, 6) is 0.735. The van der Waals surface area contributed by atoms with Crippen LogP contribution in [0.4, 0.5) is 13.2 Å². The summed E-state index contributed by atoms with van der Waals surface area (Å²) in [4.78, 5) is 7.82. The van der Waals surface area contributed by atoms with Gasteiger partial charge >= 0.3 is 6.18 Å². The highest BCUT2D eigenvalue weighted by atomic mass is 32.2. The second-order valence-corrected chi connectivity index (χ2v) is 5.38. The topological polar surface area (TPSA) is 37.8 Å². The van der Waals surface area contributed by atoms with Crippen LogP contribution in [0.2, 0.25) is 0 Å². The zero-order valence-corrected chi connectivity index (χ0v) is 11.9. The minimum atomic E-state index is -4.33. The molecule has 2 rings (SSSR count). The van der Waals surface area contributed by atoms with Gasteiger partial charge in [0, 0.05) is 37.4 Å². The van der Waals surface area contributed by atoms with E-state index in [1.165, 1.54) is 17.8 Å². The number of alkyl halides is 3. The van der Waals surface area contributed by atoms with Crippen molar-refractivity contribution in [1.82, 2.24) is 15.3 Å². The van der Waals surface area contributed by atoms with E-state index < -0.39 is 11.7 Å². The Morgan fingerprint density at radius 2 is 2.00 bits per heavy atom. The second kappa shape index (κ2) is 7.42. The maximum absolute atomic E-state index is 12.4. The minimum Gasteiger partial charge on any atom is -0.312 e. The fraction of sp³-hybridized carbons (Fsp3) is 0.286. The van der Waals surface area contributed by atoms with E-state index in [1.54, 1.807) is 12.4 Å². The number of hydrogen-bond donors (Lipinski definition) is 1. The van der Waals surface area contributed by atoms with Crippen LogP contribution in [-0.4, -0.2) is 22.3 Å². The first-order chi connectivity index (χ1) is 10.1. The molecule has 0 fully saturated rings. The van der Waals surface area contributed by atoms with Gasteiger partial charge in [0.1, 0.15) is 0 Å². The van der Waals surface area contributed by atoms with Crippen molar-refractivity contribution in [2.75, 3.05) is 12.3 Å². The number of nitrogens with zero attached hydrogens (tertiary/aromatic N) is 2. The van der Waals surface area contributed by atoms with Gasteiger partial charge < -0.3 is 5.32 Å². The molecule has 0 bridgehead atoms. The Labute approximate surface area is 125 Å². The maximum atomic E-state index is 12.4. The lowest BCUT2D eigenvalue weighted by molar-refractivity contribution is -0.137. The molecule has 0 amide bonds. The first-order valence-corrected chi connectivity index (χ1v) is 7.30. The van der Waals surface area contributed by atoms with E-state index in [9.17, 15) is 13.2 Å². The molecule has 0 atom stereocenters. The second-order valence-electron chi connectivity index (χ2n) is 4.27. The molecule has 0 saturated carbocycles. The minimum absolute atomic E-state index is 0.589. The first-order valence-electron chi connectivity index (χ1n) is 6.31. The van der Waals surface area contributed by atoms with Crippen molar-refractivity contribution in [2.45, 2.75) is 17.7 Å². The molecule has 7 heteroatoms. The van der Waals surface area contributed by atoms with Crippen molar-refractivity contribution >= 4 is 11.8 Å². The van der Waals surface area contributed by atoms with E-state index in [0.717, 1.165) is 36.7 Å². The fourth-order valence-electron chi connectivity index (χ4n) is 1.60. The van der Waals surface area contributed by atoms with Gasteiger partial charge in [0.25, 0.3) is 0 Å². The highest BCUT2D eigenvalue weighted by Gasteiger charge is 2.30. The Kier molecular flexibility index (Phi) is 5.58. The Bertz CT molecular complexity index is 544. The molecule has 0 aliphatic carbocycles. The third-order valence-electron chi connectivity index (χ3n) is 2.64. The zero-order valence-electron chi connectivity index (χ0n) is 11.1. The van der Waals surface area contributed by atoms with Crippen LogP contribution in [-0.2, 0) is 12.7 Å². The van der Waals surface area contributed by atoms with Gasteiger partial charge in [-0.05, 0) is 23.8 Å². The Balaban J connectivity index is 1.69. The molecule has 0 aliphatic heterocycles. The quantitative estimate of drug-likeness (QED) is 0.655. The maximum Gasteiger partial charge on any atom is 0.417 e. The molecule has 112 valence electrons. The van der Waals surface area contributed by atoms with Crippen LogP contribution in [0.5, 0.6) is 0 Å². The fourth-order valence-corrected chi connectivity index (χ4v) is 2.34. The van der Waals surface area contributed by atoms with Crippen LogP contribution in [0.1, 0.15) is 11.1 Å². The van der Waals surface area contributed by atoms with Gasteiger partial charge in [0.05, 0.1) is 10.6 Å². The summed E-state index contributed by atoms with van der Waals surface area (Å²) in [5, 5.41) is 3.83. The van der Waals surface area contributed by atoms with Crippen molar-refractivity contribution in [2.24, 2.45) is 0 Å². The van der Waals surface area contributed by atoms with Crippen LogP contribution in [0.25, 0.3) is 0 Å². The summed E-state index contributed by atoms with van der Waals surface area (Å²) in [6, 6.07) is 6.30. The molecule has 1 N–H and O–H groups in total. The van der Waals surface area contributed by atoms with Crippen LogP contribution in [0.3, 0.4) is 0 Å². The molecule has 2 heterocycles. The van der Waals surface area contributed by atoms with E-state index in [4.69, 9.17) is 0 Å². The van der Waals surface area contributed by atoms with Gasteiger partial charge in [-0.1, -0.05) is 6.07 Å². The lowest BCUT2D eigenvalue weighted by Gasteiger charge is -2.07. The molecule has 0 unspecified atom stereocenters. The molecule has 0 aliphatic rings. The number of pyridine rings is 2. The van der Waals surface area contributed by atoms with Gasteiger partial charge in [-0.25, -0.2) is 4.98 Å². The molecule has 3 nitrogen and oxygen atoms in total. The summed E-state index contributed by atoms with van der Waals surface area (Å²) in [6.45, 7) is 1.46. The number of halogens is 3. The van der Waals surface area contributed by atoms with Gasteiger partial charge in [-0.15, -0.1) is 11.8 Å². The molecule has 0 saturated heterocycles. The molecule has 21 heavy (non-hydrogen) atoms. The van der Waals surface area contributed by atoms with E-state index in [-0.39, 0.29) is 0 Å². The predicted molar refractivity (Wildman–Crippen MR) is 75.9 cm³/mol. The molecular weight excluding hydrogens is 299 g/mol. The third kappa shape index (κ3) is 5.35. The smallest absolute Gasteiger partial charge is 0.312 e. The van der Waals surface area contributed by atoms with Crippen molar-refractivity contribution in [3.63, 3.8) is 0 Å². The summed E-state index contributed by atoms with van der Waals surface area (Å²) in [7, 11) is 0. The van der Waals surface area contributed by atoms with Crippen molar-refractivity contribution in [3.05, 3.63) is 54.0 Å². The van der Waals surface area contributed by atoms with Crippen molar-refractivity contribution in [3.8, 4) is 0 Å². The van der Waals surface area contributed by atoms with Gasteiger partial charge in [-0.2, -0.15) is 13.2 Å². The monoisotopic (exact) mass is 313 g/mol. The Hall–Kier alpha value is -1.60. The third-order valence-corrected chi connectivity index (χ3v) is 3.59. The Morgan fingerprint density at radius 3 is 2.62 bits per heavy atom. The number of hydrogen-bond acceptors (Lipinski definition) is 4. The zero-order chi connectivity index (χ0) is 15.1. The molecular formula is C14H14F3N3S. The van der Waals surface area contributed by atoms with E-state index in [2.05, 4.69) is 15.3 Å². The van der Waals surface area contributed by atoms with E-state index in [1.807, 2.05) is 12.1 Å². The molecule has 2 aromatic heterocycles. The summed E-state index contributed by atoms with van der Waals surface area (Å²) in [5.41, 5.74) is 0.372. The largest absolute Gasteiger partial charge is 0.417 e. The van der Waals surface area contributed by atoms with Crippen LogP contribution >= 0.6 is 11.8 Å². The van der Waals surface area contributed by atoms with Crippen molar-refractivity contribution < 1.29 is 13.2 Å². The van der Waals surface area contributed by atoms with Gasteiger partial charge in [0.2, 0.25) is 0 Å². The van der Waals surface area contributed by atoms with Crippen molar-refractivity contribution in [1.29, 1.82) is 0 Å². The van der Waals surface area contributed by atoms with Gasteiger partial charge in [0.15, 0.2) is 0 Å². The number of aromatic nitrogens is 2. The SMILES string of the molecule is FC(F)(F)c1ccc(SCCNCc2cccnc2)nc1. The average molecular weight is 313 g/mol. The number of nitrogens with one attached hydrogen (secondary N) is 1. The molecule has 2 aromatic rings. The lowest BCUT2D eigenvalue weighted by Crippen LogP contribution is -2.16. The molecule has 0 spiro atoms. The summed E-state index contributed by atoms with van der Waals surface area (Å²) >= 11 is 1.42. The van der Waals surface area contributed by atoms with E-state index in [0.29, 0.717) is 5.03 Å².